The van der Waals surface area contributed by atoms with E-state index in [0.717, 1.165) is 24.2 Å². The van der Waals surface area contributed by atoms with E-state index in [1.165, 1.54) is 7.05 Å². The molecule has 3 unspecified atom stereocenters. The van der Waals surface area contributed by atoms with E-state index in [0.29, 0.717) is 25.3 Å². The second-order valence-corrected chi connectivity index (χ2v) is 6.92. The van der Waals surface area contributed by atoms with Gasteiger partial charge in [-0.2, -0.15) is 0 Å². The Morgan fingerprint density at radius 1 is 1.32 bits per heavy atom. The summed E-state index contributed by atoms with van der Waals surface area (Å²) in [5.41, 5.74) is 5.38. The molecule has 4 amide bonds. The Labute approximate surface area is 146 Å². The summed E-state index contributed by atoms with van der Waals surface area (Å²) < 4.78 is 0. The summed E-state index contributed by atoms with van der Waals surface area (Å²) in [6.45, 7) is 0.607. The molecule has 0 radical (unpaired) electrons. The monoisotopic (exact) mass is 354 g/mol. The summed E-state index contributed by atoms with van der Waals surface area (Å²) >= 11 is 0. The van der Waals surface area contributed by atoms with Crippen molar-refractivity contribution in [2.45, 2.75) is 50.6 Å². The summed E-state index contributed by atoms with van der Waals surface area (Å²) in [6, 6.07) is -1.86. The zero-order valence-electron chi connectivity index (χ0n) is 14.4. The Morgan fingerprint density at radius 2 is 2.00 bits per heavy atom. The normalized spacial score (nSPS) is 22.4. The summed E-state index contributed by atoms with van der Waals surface area (Å²) in [6.07, 6.45) is 2.72. The van der Waals surface area contributed by atoms with Crippen LogP contribution in [0.15, 0.2) is 0 Å². The van der Waals surface area contributed by atoms with E-state index in [1.54, 1.807) is 0 Å². The molecule has 1 heterocycles. The van der Waals surface area contributed by atoms with E-state index in [1.807, 2.05) is 0 Å². The minimum atomic E-state index is -1.21. The Morgan fingerprint density at radius 3 is 2.52 bits per heavy atom. The Kier molecular flexibility index (Phi) is 6.22. The van der Waals surface area contributed by atoms with Gasteiger partial charge in [-0.1, -0.05) is 12.8 Å². The predicted molar refractivity (Wildman–Crippen MR) is 88.4 cm³/mol. The molecule has 1 aliphatic carbocycles. The van der Waals surface area contributed by atoms with Crippen molar-refractivity contribution in [2.75, 3.05) is 13.6 Å². The fraction of sp³-hybridized carbons (Fsp3) is 0.750. The number of amides is 4. The molecule has 1 aliphatic heterocycles. The van der Waals surface area contributed by atoms with Crippen molar-refractivity contribution < 1.29 is 24.3 Å². The van der Waals surface area contributed by atoms with Crippen LogP contribution in [0.3, 0.4) is 0 Å². The lowest BCUT2D eigenvalue weighted by Crippen LogP contribution is -2.54. The van der Waals surface area contributed by atoms with Crippen molar-refractivity contribution in [3.05, 3.63) is 0 Å². The summed E-state index contributed by atoms with van der Waals surface area (Å²) in [7, 11) is 1.34. The third-order valence-electron chi connectivity index (χ3n) is 4.90. The zero-order chi connectivity index (χ0) is 18.6. The topological polar surface area (TPSA) is 142 Å². The number of piperidine rings is 1. The molecular formula is C16H26N4O5. The maximum absolute atomic E-state index is 12.6. The summed E-state index contributed by atoms with van der Waals surface area (Å²) in [5.74, 6) is -1.48. The van der Waals surface area contributed by atoms with Crippen molar-refractivity contribution in [1.29, 1.82) is 0 Å². The van der Waals surface area contributed by atoms with Gasteiger partial charge in [0.2, 0.25) is 17.7 Å². The van der Waals surface area contributed by atoms with E-state index < -0.39 is 30.0 Å². The quantitative estimate of drug-likeness (QED) is 0.471. The lowest BCUT2D eigenvalue weighted by Gasteiger charge is -2.29. The molecule has 0 bridgehead atoms. The van der Waals surface area contributed by atoms with Gasteiger partial charge in [-0.05, 0) is 31.6 Å². The summed E-state index contributed by atoms with van der Waals surface area (Å²) in [4.78, 5) is 48.3. The van der Waals surface area contributed by atoms with Gasteiger partial charge in [0.1, 0.15) is 12.1 Å². The molecular weight excluding hydrogens is 328 g/mol. The van der Waals surface area contributed by atoms with Crippen molar-refractivity contribution in [2.24, 2.45) is 17.6 Å². The molecule has 5 N–H and O–H groups in total. The standard InChI is InChI=1S/C16H26N4O5/c1-20(16(24)25)12(7-9-4-5-9)15(23)19-11(13(17)21)8-10-3-2-6-18-14(10)22/h9-12H,2-8H2,1H3,(H2,17,21)(H,18,22)(H,19,23)(H,24,25). The van der Waals surface area contributed by atoms with Gasteiger partial charge in [0.25, 0.3) is 0 Å². The highest BCUT2D eigenvalue weighted by Gasteiger charge is 2.36. The number of hydrogen-bond acceptors (Lipinski definition) is 4. The molecule has 2 aliphatic rings. The number of nitrogens with zero attached hydrogens (tertiary/aromatic N) is 1. The highest BCUT2D eigenvalue weighted by Crippen LogP contribution is 2.34. The molecule has 0 aromatic rings. The number of nitrogens with two attached hydrogens (primary N) is 1. The van der Waals surface area contributed by atoms with Gasteiger partial charge < -0.3 is 21.5 Å². The predicted octanol–water partition coefficient (Wildman–Crippen LogP) is -0.349. The van der Waals surface area contributed by atoms with Crippen LogP contribution < -0.4 is 16.4 Å². The van der Waals surface area contributed by atoms with Crippen molar-refractivity contribution >= 4 is 23.8 Å². The van der Waals surface area contributed by atoms with Gasteiger partial charge in [-0.25, -0.2) is 4.79 Å². The van der Waals surface area contributed by atoms with Crippen LogP contribution in [0.2, 0.25) is 0 Å². The van der Waals surface area contributed by atoms with Crippen LogP contribution in [0.1, 0.15) is 38.5 Å². The molecule has 2 fully saturated rings. The number of nitrogens with one attached hydrogen (secondary N) is 2. The third kappa shape index (κ3) is 5.33. The molecule has 1 saturated heterocycles. The molecule has 9 nitrogen and oxygen atoms in total. The maximum Gasteiger partial charge on any atom is 0.407 e. The third-order valence-corrected chi connectivity index (χ3v) is 4.90. The molecule has 25 heavy (non-hydrogen) atoms. The van der Waals surface area contributed by atoms with E-state index in [4.69, 9.17) is 5.73 Å². The van der Waals surface area contributed by atoms with Crippen LogP contribution in [0.5, 0.6) is 0 Å². The first-order valence-electron chi connectivity index (χ1n) is 8.62. The second kappa shape index (κ2) is 8.17. The first kappa shape index (κ1) is 19.0. The number of hydrogen-bond donors (Lipinski definition) is 4. The highest BCUT2D eigenvalue weighted by molar-refractivity contribution is 5.91. The van der Waals surface area contributed by atoms with E-state index in [2.05, 4.69) is 10.6 Å². The van der Waals surface area contributed by atoms with Gasteiger partial charge >= 0.3 is 6.09 Å². The number of rotatable bonds is 8. The van der Waals surface area contributed by atoms with Crippen molar-refractivity contribution in [3.63, 3.8) is 0 Å². The minimum Gasteiger partial charge on any atom is -0.465 e. The van der Waals surface area contributed by atoms with Gasteiger partial charge in [0.15, 0.2) is 0 Å². The average molecular weight is 354 g/mol. The molecule has 0 aromatic heterocycles. The van der Waals surface area contributed by atoms with Gasteiger partial charge in [0.05, 0.1) is 0 Å². The molecule has 0 aromatic carbocycles. The fourth-order valence-corrected chi connectivity index (χ4v) is 3.10. The average Bonchev–Trinajstić information content (AvgIpc) is 3.37. The number of primary amides is 1. The van der Waals surface area contributed by atoms with E-state index in [-0.39, 0.29) is 18.2 Å². The van der Waals surface area contributed by atoms with Crippen molar-refractivity contribution in [3.8, 4) is 0 Å². The Bertz CT molecular complexity index is 549. The molecule has 2 rings (SSSR count). The first-order valence-corrected chi connectivity index (χ1v) is 8.62. The largest absolute Gasteiger partial charge is 0.465 e. The molecule has 9 heteroatoms. The lowest BCUT2D eigenvalue weighted by atomic mass is 9.91. The molecule has 0 spiro atoms. The highest BCUT2D eigenvalue weighted by atomic mass is 16.4. The van der Waals surface area contributed by atoms with E-state index in [9.17, 15) is 24.3 Å². The number of likely N-dealkylation sites (N-methyl/N-ethyl adjacent to an activating group) is 1. The van der Waals surface area contributed by atoms with Crippen LogP contribution in [-0.2, 0) is 14.4 Å². The van der Waals surface area contributed by atoms with Crippen LogP contribution in [0, 0.1) is 11.8 Å². The van der Waals surface area contributed by atoms with Crippen molar-refractivity contribution in [1.82, 2.24) is 15.5 Å². The Hall–Kier alpha value is -2.32. The van der Waals surface area contributed by atoms with Crippen LogP contribution in [-0.4, -0.2) is 59.5 Å². The van der Waals surface area contributed by atoms with Crippen LogP contribution in [0.4, 0.5) is 4.79 Å². The van der Waals surface area contributed by atoms with Crippen LogP contribution in [0.25, 0.3) is 0 Å². The van der Waals surface area contributed by atoms with E-state index >= 15 is 0 Å². The second-order valence-electron chi connectivity index (χ2n) is 6.92. The first-order chi connectivity index (χ1) is 11.8. The smallest absolute Gasteiger partial charge is 0.407 e. The zero-order valence-corrected chi connectivity index (χ0v) is 14.4. The molecule has 140 valence electrons. The number of carboxylic acid groups (broad SMARTS) is 1. The van der Waals surface area contributed by atoms with Gasteiger partial charge in [-0.3, -0.25) is 19.3 Å². The minimum absolute atomic E-state index is 0.125. The summed E-state index contributed by atoms with van der Waals surface area (Å²) in [5, 5.41) is 14.5. The number of carbonyl (C=O) groups excluding carboxylic acids is 3. The molecule has 3 atom stereocenters. The van der Waals surface area contributed by atoms with Gasteiger partial charge in [-0.15, -0.1) is 0 Å². The van der Waals surface area contributed by atoms with Crippen LogP contribution >= 0.6 is 0 Å². The molecule has 1 saturated carbocycles. The Balaban J connectivity index is 2.02. The lowest BCUT2D eigenvalue weighted by molar-refractivity contribution is -0.132. The SMILES string of the molecule is CN(C(=O)O)C(CC1CC1)C(=O)NC(CC1CCCNC1=O)C(N)=O. The number of carbonyl (C=O) groups is 4. The van der Waals surface area contributed by atoms with Gasteiger partial charge in [0, 0.05) is 19.5 Å². The maximum atomic E-state index is 12.6. The fourth-order valence-electron chi connectivity index (χ4n) is 3.10.